The number of piperidine rings is 2. The average molecular weight is 239 g/mol. The molecule has 4 heteroatoms. The molecule has 0 aromatic heterocycles. The number of amides is 1. The van der Waals surface area contributed by atoms with Crippen LogP contribution in [-0.4, -0.2) is 61.5 Å². The molecule has 1 N–H and O–H groups in total. The molecule has 2 aliphatic heterocycles. The fourth-order valence-corrected chi connectivity index (χ4v) is 3.17. The molecule has 0 radical (unpaired) electrons. The van der Waals surface area contributed by atoms with E-state index in [1.807, 2.05) is 14.1 Å². The van der Waals surface area contributed by atoms with Crippen molar-refractivity contribution < 1.29 is 4.79 Å². The summed E-state index contributed by atoms with van der Waals surface area (Å²) in [6.07, 6.45) is 6.43. The Bertz CT molecular complexity index is 266. The highest BCUT2D eigenvalue weighted by Crippen LogP contribution is 2.32. The summed E-state index contributed by atoms with van der Waals surface area (Å²) in [5.74, 6) is 0.175. The molecule has 4 nitrogen and oxygen atoms in total. The van der Waals surface area contributed by atoms with Crippen molar-refractivity contribution in [2.24, 2.45) is 0 Å². The predicted octanol–water partition coefficient (Wildman–Crippen LogP) is 0.680. The van der Waals surface area contributed by atoms with Gasteiger partial charge in [0.2, 0.25) is 5.91 Å². The van der Waals surface area contributed by atoms with Crippen LogP contribution >= 0.6 is 0 Å². The van der Waals surface area contributed by atoms with Crippen molar-refractivity contribution in [1.29, 1.82) is 0 Å². The summed E-state index contributed by atoms with van der Waals surface area (Å²) in [5, 5.41) is 3.43. The Hall–Kier alpha value is -0.610. The van der Waals surface area contributed by atoms with Crippen LogP contribution in [0.25, 0.3) is 0 Å². The van der Waals surface area contributed by atoms with Crippen molar-refractivity contribution in [2.75, 3.05) is 27.7 Å². The van der Waals surface area contributed by atoms with Gasteiger partial charge in [0, 0.05) is 32.2 Å². The van der Waals surface area contributed by atoms with Gasteiger partial charge in [-0.15, -0.1) is 0 Å². The van der Waals surface area contributed by atoms with Gasteiger partial charge in [-0.3, -0.25) is 4.79 Å². The molecule has 2 saturated heterocycles. The maximum atomic E-state index is 11.5. The minimum Gasteiger partial charge on any atom is -0.348 e. The lowest BCUT2D eigenvalue weighted by atomic mass is 9.82. The normalized spacial score (nSPS) is 33.5. The number of hydrogen-bond acceptors (Lipinski definition) is 3. The van der Waals surface area contributed by atoms with Crippen LogP contribution in [0.3, 0.4) is 0 Å². The first kappa shape index (κ1) is 12.8. The first-order chi connectivity index (χ1) is 8.08. The molecule has 0 saturated carbocycles. The van der Waals surface area contributed by atoms with E-state index in [1.54, 1.807) is 4.90 Å². The molecular formula is C13H25N3O. The molecule has 2 bridgehead atoms. The molecular weight excluding hydrogens is 214 g/mol. The lowest BCUT2D eigenvalue weighted by molar-refractivity contribution is -0.128. The van der Waals surface area contributed by atoms with Crippen LogP contribution in [0.4, 0.5) is 0 Å². The highest BCUT2D eigenvalue weighted by Gasteiger charge is 2.35. The minimum absolute atomic E-state index is 0.175. The highest BCUT2D eigenvalue weighted by atomic mass is 16.2. The quantitative estimate of drug-likeness (QED) is 0.786. The van der Waals surface area contributed by atoms with Crippen molar-refractivity contribution in [1.82, 2.24) is 15.1 Å². The van der Waals surface area contributed by atoms with Crippen LogP contribution in [0.5, 0.6) is 0 Å². The lowest BCUT2D eigenvalue weighted by Gasteiger charge is -2.47. The highest BCUT2D eigenvalue weighted by molar-refractivity contribution is 5.77. The van der Waals surface area contributed by atoms with Gasteiger partial charge in [0.05, 0.1) is 6.54 Å². The van der Waals surface area contributed by atoms with Gasteiger partial charge in [-0.1, -0.05) is 6.42 Å². The van der Waals surface area contributed by atoms with E-state index in [2.05, 4.69) is 17.3 Å². The Labute approximate surface area is 104 Å². The molecule has 1 amide bonds. The number of fused-ring (bicyclic) bond motifs is 2. The van der Waals surface area contributed by atoms with Gasteiger partial charge >= 0.3 is 0 Å². The van der Waals surface area contributed by atoms with E-state index >= 15 is 0 Å². The molecule has 2 rings (SSSR count). The molecule has 0 spiro atoms. The number of nitrogens with zero attached hydrogens (tertiary/aromatic N) is 2. The molecule has 2 fully saturated rings. The van der Waals surface area contributed by atoms with Crippen LogP contribution in [0.1, 0.15) is 32.1 Å². The van der Waals surface area contributed by atoms with Gasteiger partial charge in [0.1, 0.15) is 0 Å². The molecule has 98 valence electrons. The van der Waals surface area contributed by atoms with Gasteiger partial charge in [0.25, 0.3) is 0 Å². The van der Waals surface area contributed by atoms with Crippen molar-refractivity contribution in [3.05, 3.63) is 0 Å². The van der Waals surface area contributed by atoms with Crippen molar-refractivity contribution in [3.63, 3.8) is 0 Å². The summed E-state index contributed by atoms with van der Waals surface area (Å²) in [4.78, 5) is 15.8. The Morgan fingerprint density at radius 1 is 1.29 bits per heavy atom. The fraction of sp³-hybridized carbons (Fsp3) is 0.923. The summed E-state index contributed by atoms with van der Waals surface area (Å²) >= 11 is 0. The van der Waals surface area contributed by atoms with E-state index in [-0.39, 0.29) is 5.91 Å². The van der Waals surface area contributed by atoms with E-state index in [4.69, 9.17) is 0 Å². The van der Waals surface area contributed by atoms with Crippen molar-refractivity contribution in [2.45, 2.75) is 50.2 Å². The Morgan fingerprint density at radius 3 is 2.41 bits per heavy atom. The van der Waals surface area contributed by atoms with Crippen LogP contribution in [-0.2, 0) is 4.79 Å². The zero-order valence-electron chi connectivity index (χ0n) is 11.3. The van der Waals surface area contributed by atoms with E-state index in [9.17, 15) is 4.79 Å². The lowest BCUT2D eigenvalue weighted by Crippen LogP contribution is -2.55. The maximum absolute atomic E-state index is 11.5. The molecule has 2 heterocycles. The second-order valence-corrected chi connectivity index (χ2v) is 5.74. The number of likely N-dealkylation sites (N-methyl/N-ethyl adjacent to an activating group) is 1. The predicted molar refractivity (Wildman–Crippen MR) is 68.9 cm³/mol. The molecule has 0 aliphatic carbocycles. The summed E-state index contributed by atoms with van der Waals surface area (Å²) in [5.41, 5.74) is 0. The van der Waals surface area contributed by atoms with E-state index in [0.29, 0.717) is 12.6 Å². The number of hydrogen-bond donors (Lipinski definition) is 1. The topological polar surface area (TPSA) is 35.6 Å². The van der Waals surface area contributed by atoms with Crippen LogP contribution in [0.15, 0.2) is 0 Å². The number of carbonyl (C=O) groups is 1. The molecule has 2 aliphatic rings. The molecule has 2 atom stereocenters. The second-order valence-electron chi connectivity index (χ2n) is 5.74. The summed E-state index contributed by atoms with van der Waals surface area (Å²) < 4.78 is 0. The van der Waals surface area contributed by atoms with Crippen molar-refractivity contribution >= 4 is 5.91 Å². The largest absolute Gasteiger partial charge is 0.348 e. The summed E-state index contributed by atoms with van der Waals surface area (Å²) in [6, 6.07) is 1.99. The van der Waals surface area contributed by atoms with E-state index in [0.717, 1.165) is 12.1 Å². The van der Waals surface area contributed by atoms with Crippen LogP contribution in [0.2, 0.25) is 0 Å². The third-order valence-corrected chi connectivity index (χ3v) is 4.38. The Balaban J connectivity index is 1.82. The third kappa shape index (κ3) is 2.99. The SMILES string of the molecule is CN(C)C(=O)CNC1CC2CCCC(C1)N2C. The monoisotopic (exact) mass is 239 g/mol. The zero-order chi connectivity index (χ0) is 12.4. The number of rotatable bonds is 3. The molecule has 2 unspecified atom stereocenters. The van der Waals surface area contributed by atoms with Gasteiger partial charge in [-0.2, -0.15) is 0 Å². The van der Waals surface area contributed by atoms with E-state index in [1.165, 1.54) is 32.1 Å². The standard InChI is InChI=1S/C13H25N3O/c1-15(2)13(17)9-14-10-7-11-5-4-6-12(8-10)16(11)3/h10-12,14H,4-9H2,1-3H3. The van der Waals surface area contributed by atoms with Gasteiger partial charge < -0.3 is 15.1 Å². The minimum atomic E-state index is 0.175. The van der Waals surface area contributed by atoms with Crippen LogP contribution < -0.4 is 5.32 Å². The Morgan fingerprint density at radius 2 is 1.88 bits per heavy atom. The van der Waals surface area contributed by atoms with Gasteiger partial charge in [0.15, 0.2) is 0 Å². The van der Waals surface area contributed by atoms with Crippen LogP contribution in [0, 0.1) is 0 Å². The second kappa shape index (κ2) is 5.36. The maximum Gasteiger partial charge on any atom is 0.236 e. The fourth-order valence-electron chi connectivity index (χ4n) is 3.17. The average Bonchev–Trinajstić information content (AvgIpc) is 2.26. The zero-order valence-corrected chi connectivity index (χ0v) is 11.3. The first-order valence-electron chi connectivity index (χ1n) is 6.73. The molecule has 0 aromatic rings. The molecule has 17 heavy (non-hydrogen) atoms. The Kier molecular flexibility index (Phi) is 4.05. The van der Waals surface area contributed by atoms with E-state index < -0.39 is 0 Å². The number of carbonyl (C=O) groups excluding carboxylic acids is 1. The van der Waals surface area contributed by atoms with Gasteiger partial charge in [-0.05, 0) is 32.7 Å². The van der Waals surface area contributed by atoms with Crippen molar-refractivity contribution in [3.8, 4) is 0 Å². The summed E-state index contributed by atoms with van der Waals surface area (Å²) in [7, 11) is 5.89. The molecule has 0 aromatic carbocycles. The number of nitrogens with one attached hydrogen (secondary N) is 1. The first-order valence-corrected chi connectivity index (χ1v) is 6.73. The summed E-state index contributed by atoms with van der Waals surface area (Å²) in [6.45, 7) is 0.487. The third-order valence-electron chi connectivity index (χ3n) is 4.38. The smallest absolute Gasteiger partial charge is 0.236 e. The van der Waals surface area contributed by atoms with Gasteiger partial charge in [-0.25, -0.2) is 0 Å².